The average molecular weight is 491 g/mol. The van der Waals surface area contributed by atoms with Gasteiger partial charge in [0.15, 0.2) is 0 Å². The number of benzene rings is 2. The first-order valence-electron chi connectivity index (χ1n) is 10.5. The van der Waals surface area contributed by atoms with Gasteiger partial charge in [0.25, 0.3) is 15.9 Å². The highest BCUT2D eigenvalue weighted by Gasteiger charge is 2.23. The maximum absolute atomic E-state index is 13.1. The summed E-state index contributed by atoms with van der Waals surface area (Å²) in [6.07, 6.45) is 1.86. The molecule has 10 heteroatoms. The third-order valence-electron chi connectivity index (χ3n) is 5.10. The molecule has 0 bridgehead atoms. The molecule has 0 aliphatic rings. The van der Waals surface area contributed by atoms with Crippen LogP contribution in [0, 0.1) is 13.8 Å². The summed E-state index contributed by atoms with van der Waals surface area (Å²) in [6.45, 7) is 6.07. The number of nitrogens with one attached hydrogen (secondary N) is 2. The van der Waals surface area contributed by atoms with E-state index >= 15 is 0 Å². The van der Waals surface area contributed by atoms with Crippen LogP contribution in [0.4, 0.5) is 11.4 Å². The van der Waals surface area contributed by atoms with Gasteiger partial charge < -0.3 is 10.1 Å². The SMILES string of the molecule is CCCCn1nc(C)c(C(=O)Nc2ccc(C)c(S(=O)(=O)Nc3ccccc3OC)c2)c1Cl. The Kier molecular flexibility index (Phi) is 7.65. The Hall–Kier alpha value is -3.04. The average Bonchev–Trinajstić information content (AvgIpc) is 3.06. The Morgan fingerprint density at radius 2 is 1.91 bits per heavy atom. The molecule has 2 N–H and O–H groups in total. The fourth-order valence-electron chi connectivity index (χ4n) is 3.36. The van der Waals surface area contributed by atoms with Gasteiger partial charge in [0.1, 0.15) is 10.9 Å². The number of methoxy groups -OCH3 is 1. The first kappa shape index (κ1) is 24.6. The van der Waals surface area contributed by atoms with Crippen LogP contribution < -0.4 is 14.8 Å². The van der Waals surface area contributed by atoms with Crippen LogP contribution in [0.15, 0.2) is 47.4 Å². The van der Waals surface area contributed by atoms with Gasteiger partial charge in [-0.25, -0.2) is 8.42 Å². The molecule has 0 spiro atoms. The van der Waals surface area contributed by atoms with E-state index in [0.29, 0.717) is 34.9 Å². The Labute approximate surface area is 199 Å². The van der Waals surface area contributed by atoms with E-state index in [2.05, 4.69) is 22.1 Å². The zero-order valence-electron chi connectivity index (χ0n) is 19.0. The summed E-state index contributed by atoms with van der Waals surface area (Å²) < 4.78 is 35.6. The number of aryl methyl sites for hydroxylation is 3. The van der Waals surface area contributed by atoms with Gasteiger partial charge in [-0.15, -0.1) is 0 Å². The van der Waals surface area contributed by atoms with Crippen LogP contribution >= 0.6 is 11.6 Å². The van der Waals surface area contributed by atoms with Crippen molar-refractivity contribution in [3.63, 3.8) is 0 Å². The van der Waals surface area contributed by atoms with E-state index in [-0.39, 0.29) is 15.6 Å². The number of ether oxygens (including phenoxy) is 1. The van der Waals surface area contributed by atoms with Crippen LogP contribution in [0.1, 0.15) is 41.4 Å². The Morgan fingerprint density at radius 1 is 1.18 bits per heavy atom. The predicted molar refractivity (Wildman–Crippen MR) is 130 cm³/mol. The number of rotatable bonds is 9. The minimum absolute atomic E-state index is 0.0349. The zero-order chi connectivity index (χ0) is 24.2. The lowest BCUT2D eigenvalue weighted by Gasteiger charge is -2.14. The van der Waals surface area contributed by atoms with Crippen molar-refractivity contribution in [3.05, 3.63) is 64.4 Å². The fraction of sp³-hybridized carbons (Fsp3) is 0.304. The summed E-state index contributed by atoms with van der Waals surface area (Å²) >= 11 is 6.40. The molecule has 3 rings (SSSR count). The number of para-hydroxylation sites is 2. The Morgan fingerprint density at radius 3 is 2.61 bits per heavy atom. The monoisotopic (exact) mass is 490 g/mol. The van der Waals surface area contributed by atoms with Crippen LogP contribution in [-0.4, -0.2) is 31.2 Å². The number of anilines is 2. The van der Waals surface area contributed by atoms with E-state index in [4.69, 9.17) is 16.3 Å². The van der Waals surface area contributed by atoms with E-state index in [1.807, 2.05) is 0 Å². The molecule has 1 heterocycles. The second kappa shape index (κ2) is 10.3. The first-order valence-corrected chi connectivity index (χ1v) is 12.3. The van der Waals surface area contributed by atoms with Gasteiger partial charge in [-0.2, -0.15) is 5.10 Å². The smallest absolute Gasteiger partial charge is 0.262 e. The van der Waals surface area contributed by atoms with Gasteiger partial charge in [-0.05, 0) is 50.1 Å². The number of carbonyl (C=O) groups is 1. The van der Waals surface area contributed by atoms with Crippen molar-refractivity contribution in [1.82, 2.24) is 9.78 Å². The number of aromatic nitrogens is 2. The molecule has 1 aromatic heterocycles. The topological polar surface area (TPSA) is 102 Å². The normalized spacial score (nSPS) is 11.3. The fourth-order valence-corrected chi connectivity index (χ4v) is 5.04. The van der Waals surface area contributed by atoms with E-state index in [1.54, 1.807) is 54.9 Å². The standard InChI is InChI=1S/C23H27ClN4O4S/c1-5-6-13-28-22(24)21(16(3)26-28)23(29)25-17-12-11-15(2)20(14-17)33(30,31)27-18-9-7-8-10-19(18)32-4/h7-12,14,27H,5-6,13H2,1-4H3,(H,25,29). The molecule has 0 atom stereocenters. The van der Waals surface area contributed by atoms with Gasteiger partial charge >= 0.3 is 0 Å². The molecule has 3 aromatic rings. The third kappa shape index (κ3) is 5.48. The highest BCUT2D eigenvalue weighted by Crippen LogP contribution is 2.29. The Bertz CT molecular complexity index is 1270. The van der Waals surface area contributed by atoms with Crippen molar-refractivity contribution in [2.24, 2.45) is 0 Å². The zero-order valence-corrected chi connectivity index (χ0v) is 20.5. The first-order chi connectivity index (χ1) is 15.7. The third-order valence-corrected chi connectivity index (χ3v) is 6.99. The van der Waals surface area contributed by atoms with Crippen LogP contribution in [0.2, 0.25) is 5.15 Å². The van der Waals surface area contributed by atoms with E-state index < -0.39 is 15.9 Å². The number of amides is 1. The second-order valence-corrected chi connectivity index (χ2v) is 9.58. The number of hydrogen-bond acceptors (Lipinski definition) is 5. The van der Waals surface area contributed by atoms with Gasteiger partial charge in [-0.3, -0.25) is 14.2 Å². The number of sulfonamides is 1. The van der Waals surface area contributed by atoms with Crippen LogP contribution in [-0.2, 0) is 16.6 Å². The van der Waals surface area contributed by atoms with E-state index in [0.717, 1.165) is 12.8 Å². The molecule has 0 saturated heterocycles. The summed E-state index contributed by atoms with van der Waals surface area (Å²) in [6, 6.07) is 11.4. The number of carbonyl (C=O) groups excluding carboxylic acids is 1. The maximum atomic E-state index is 13.1. The molecule has 0 unspecified atom stereocenters. The lowest BCUT2D eigenvalue weighted by molar-refractivity contribution is 0.102. The summed E-state index contributed by atoms with van der Waals surface area (Å²) in [5.74, 6) is -0.0569. The van der Waals surface area contributed by atoms with Crippen molar-refractivity contribution >= 4 is 38.9 Å². The lowest BCUT2D eigenvalue weighted by Crippen LogP contribution is -2.17. The minimum atomic E-state index is -3.95. The molecular formula is C23H27ClN4O4S. The molecule has 1 amide bonds. The molecule has 0 aliphatic heterocycles. The number of halogens is 1. The van der Waals surface area contributed by atoms with Crippen molar-refractivity contribution in [2.75, 3.05) is 17.1 Å². The van der Waals surface area contributed by atoms with Crippen molar-refractivity contribution in [2.45, 2.75) is 45.1 Å². The molecule has 0 fully saturated rings. The van der Waals surface area contributed by atoms with Gasteiger partial charge in [0.05, 0.1) is 29.0 Å². The molecule has 2 aromatic carbocycles. The van der Waals surface area contributed by atoms with Crippen LogP contribution in [0.25, 0.3) is 0 Å². The summed E-state index contributed by atoms with van der Waals surface area (Å²) in [5.41, 5.74) is 1.94. The molecular weight excluding hydrogens is 464 g/mol. The van der Waals surface area contributed by atoms with Gasteiger partial charge in [0.2, 0.25) is 0 Å². The van der Waals surface area contributed by atoms with Crippen molar-refractivity contribution in [3.8, 4) is 5.75 Å². The molecule has 8 nitrogen and oxygen atoms in total. The maximum Gasteiger partial charge on any atom is 0.262 e. The van der Waals surface area contributed by atoms with Crippen molar-refractivity contribution < 1.29 is 17.9 Å². The lowest BCUT2D eigenvalue weighted by atomic mass is 10.2. The summed E-state index contributed by atoms with van der Waals surface area (Å²) in [4.78, 5) is 13.0. The van der Waals surface area contributed by atoms with E-state index in [9.17, 15) is 13.2 Å². The Balaban J connectivity index is 1.87. The highest BCUT2D eigenvalue weighted by atomic mass is 35.5. The molecule has 0 aliphatic carbocycles. The summed E-state index contributed by atoms with van der Waals surface area (Å²) in [5, 5.41) is 7.35. The van der Waals surface area contributed by atoms with Gasteiger partial charge in [0, 0.05) is 12.2 Å². The minimum Gasteiger partial charge on any atom is -0.495 e. The molecule has 33 heavy (non-hydrogen) atoms. The van der Waals surface area contributed by atoms with Gasteiger partial charge in [-0.1, -0.05) is 43.1 Å². The molecule has 0 saturated carbocycles. The quantitative estimate of drug-likeness (QED) is 0.438. The largest absolute Gasteiger partial charge is 0.495 e. The van der Waals surface area contributed by atoms with Crippen LogP contribution in [0.3, 0.4) is 0 Å². The van der Waals surface area contributed by atoms with Crippen LogP contribution in [0.5, 0.6) is 5.75 Å². The predicted octanol–water partition coefficient (Wildman–Crippen LogP) is 5.02. The highest BCUT2D eigenvalue weighted by molar-refractivity contribution is 7.92. The molecule has 0 radical (unpaired) electrons. The second-order valence-electron chi connectivity index (χ2n) is 7.57. The molecule has 176 valence electrons. The summed E-state index contributed by atoms with van der Waals surface area (Å²) in [7, 11) is -2.48. The van der Waals surface area contributed by atoms with E-state index in [1.165, 1.54) is 13.2 Å². The number of nitrogens with zero attached hydrogens (tertiary/aromatic N) is 2. The number of hydrogen-bond donors (Lipinski definition) is 2. The van der Waals surface area contributed by atoms with Crippen molar-refractivity contribution in [1.29, 1.82) is 0 Å². The number of unbranched alkanes of at least 4 members (excludes halogenated alkanes) is 1.